The van der Waals surface area contributed by atoms with Crippen LogP contribution in [-0.2, 0) is 23.8 Å². The lowest BCUT2D eigenvalue weighted by molar-refractivity contribution is -0.304. The quantitative estimate of drug-likeness (QED) is 0.111. The molecule has 5 aliphatic rings. The van der Waals surface area contributed by atoms with Crippen LogP contribution in [0.15, 0.2) is 23.3 Å². The van der Waals surface area contributed by atoms with Crippen molar-refractivity contribution in [2.45, 2.75) is 168 Å². The molecule has 1 N–H and O–H groups in total. The van der Waals surface area contributed by atoms with Crippen LogP contribution in [0.5, 0.6) is 0 Å². The molecule has 6 nitrogen and oxygen atoms in total. The molecule has 1 saturated heterocycles. The summed E-state index contributed by atoms with van der Waals surface area (Å²) in [5.41, 5.74) is -1.31. The summed E-state index contributed by atoms with van der Waals surface area (Å²) in [6.07, 6.45) is 19.6. The summed E-state index contributed by atoms with van der Waals surface area (Å²) >= 11 is 0. The number of hydrogen-bond acceptors (Lipinski definition) is 6. The van der Waals surface area contributed by atoms with Crippen molar-refractivity contribution in [2.24, 2.45) is 34.5 Å². The molecule has 2 saturated carbocycles. The summed E-state index contributed by atoms with van der Waals surface area (Å²) in [4.78, 5) is 28.2. The molecule has 45 heavy (non-hydrogen) atoms. The number of Topliss-reactive ketones (excluding diaryl/α,β-unsaturated/α-hetero) is 1. The van der Waals surface area contributed by atoms with Gasteiger partial charge in [-0.25, -0.2) is 0 Å². The molecule has 2 bridgehead atoms. The maximum atomic E-state index is 14.8. The molecule has 0 aromatic carbocycles. The van der Waals surface area contributed by atoms with E-state index < -0.39 is 29.0 Å². The van der Waals surface area contributed by atoms with Crippen LogP contribution in [-0.4, -0.2) is 47.1 Å². The van der Waals surface area contributed by atoms with Crippen LogP contribution in [0.25, 0.3) is 0 Å². The summed E-state index contributed by atoms with van der Waals surface area (Å²) in [7, 11) is 0. The number of ketones is 1. The number of unbranched alkanes of at least 4 members (excludes halogenated alkanes) is 12. The average molecular weight is 627 g/mol. The average Bonchev–Trinajstić information content (AvgIpc) is 3.47. The standard InChI is InChI=1S/C39H62O6/c1-8-9-10-11-12-13-14-15-16-17-18-19-20-21-31(40)44-34-26(2)24-38-27(3)22-30-32(36(30,4)5)29(33(38)41)23-28-25-43-37(6,7)45-35(28)39(34,38)42/h23-24,27,29-30,32,34-35,42H,8-22,25H2,1-7H3. The zero-order chi connectivity index (χ0) is 32.6. The topological polar surface area (TPSA) is 82.1 Å². The predicted molar refractivity (Wildman–Crippen MR) is 177 cm³/mol. The maximum Gasteiger partial charge on any atom is 0.306 e. The van der Waals surface area contributed by atoms with Gasteiger partial charge in [-0.1, -0.05) is 117 Å². The number of aliphatic hydroxyl groups is 1. The second kappa shape index (κ2) is 13.5. The molecule has 0 aromatic heterocycles. The lowest BCUT2D eigenvalue weighted by Gasteiger charge is -2.52. The fourth-order valence-corrected chi connectivity index (χ4v) is 9.78. The summed E-state index contributed by atoms with van der Waals surface area (Å²) in [6, 6.07) is 0. The zero-order valence-corrected chi connectivity index (χ0v) is 29.4. The van der Waals surface area contributed by atoms with E-state index >= 15 is 0 Å². The lowest BCUT2D eigenvalue weighted by Crippen LogP contribution is -2.68. The molecule has 5 rings (SSSR count). The van der Waals surface area contributed by atoms with Gasteiger partial charge in [0, 0.05) is 12.3 Å². The smallest absolute Gasteiger partial charge is 0.306 e. The van der Waals surface area contributed by atoms with E-state index in [-0.39, 0.29) is 41.5 Å². The Morgan fingerprint density at radius 3 is 2.13 bits per heavy atom. The first-order valence-corrected chi connectivity index (χ1v) is 18.5. The highest BCUT2D eigenvalue weighted by Gasteiger charge is 2.77. The van der Waals surface area contributed by atoms with Crippen LogP contribution in [0.2, 0.25) is 0 Å². The Morgan fingerprint density at radius 1 is 0.956 bits per heavy atom. The molecule has 0 amide bonds. The van der Waals surface area contributed by atoms with Crippen LogP contribution in [0, 0.1) is 34.5 Å². The Balaban J connectivity index is 1.22. The van der Waals surface area contributed by atoms with E-state index in [9.17, 15) is 14.7 Å². The molecule has 1 aliphatic heterocycles. The number of allylic oxidation sites excluding steroid dienone is 1. The van der Waals surface area contributed by atoms with Gasteiger partial charge in [0.25, 0.3) is 0 Å². The number of hydrogen-bond donors (Lipinski definition) is 1. The van der Waals surface area contributed by atoms with Crippen LogP contribution >= 0.6 is 0 Å². The van der Waals surface area contributed by atoms with Crippen molar-refractivity contribution in [3.8, 4) is 0 Å². The molecule has 254 valence electrons. The van der Waals surface area contributed by atoms with E-state index in [1.165, 1.54) is 64.2 Å². The Labute approximate surface area is 273 Å². The second-order valence-electron chi connectivity index (χ2n) is 16.4. The largest absolute Gasteiger partial charge is 0.455 e. The predicted octanol–water partition coefficient (Wildman–Crippen LogP) is 8.65. The van der Waals surface area contributed by atoms with Gasteiger partial charge in [0.2, 0.25) is 0 Å². The highest BCUT2D eigenvalue weighted by molar-refractivity contribution is 5.95. The number of esters is 1. The monoisotopic (exact) mass is 626 g/mol. The molecular formula is C39H62O6. The van der Waals surface area contributed by atoms with Gasteiger partial charge in [-0.15, -0.1) is 0 Å². The molecule has 1 heterocycles. The minimum Gasteiger partial charge on any atom is -0.455 e. The highest BCUT2D eigenvalue weighted by Crippen LogP contribution is 2.72. The molecule has 1 spiro atoms. The number of ether oxygens (including phenoxy) is 3. The van der Waals surface area contributed by atoms with E-state index in [2.05, 4.69) is 33.8 Å². The molecule has 4 aliphatic carbocycles. The van der Waals surface area contributed by atoms with Crippen LogP contribution < -0.4 is 0 Å². The van der Waals surface area contributed by atoms with Crippen LogP contribution in [0.4, 0.5) is 0 Å². The maximum absolute atomic E-state index is 14.8. The fourth-order valence-electron chi connectivity index (χ4n) is 9.78. The van der Waals surface area contributed by atoms with Crippen molar-refractivity contribution in [1.82, 2.24) is 0 Å². The van der Waals surface area contributed by atoms with Gasteiger partial charge in [-0.05, 0) is 67.9 Å². The van der Waals surface area contributed by atoms with E-state index in [1.807, 2.05) is 26.8 Å². The first kappa shape index (κ1) is 34.8. The number of carbonyl (C=O) groups excluding carboxylic acids is 2. The van der Waals surface area contributed by atoms with E-state index in [0.29, 0.717) is 12.3 Å². The first-order chi connectivity index (χ1) is 21.3. The van der Waals surface area contributed by atoms with Gasteiger partial charge < -0.3 is 19.3 Å². The van der Waals surface area contributed by atoms with Crippen LogP contribution in [0.1, 0.15) is 145 Å². The molecule has 6 heteroatoms. The Morgan fingerprint density at radius 2 is 1.53 bits per heavy atom. The van der Waals surface area contributed by atoms with Gasteiger partial charge in [0.15, 0.2) is 23.3 Å². The third-order valence-corrected chi connectivity index (χ3v) is 12.4. The van der Waals surface area contributed by atoms with Crippen LogP contribution in [0.3, 0.4) is 0 Å². The normalized spacial score (nSPS) is 37.4. The summed E-state index contributed by atoms with van der Waals surface area (Å²) in [6.45, 7) is 14.8. The molecule has 8 atom stereocenters. The van der Waals surface area contributed by atoms with E-state index in [1.54, 1.807) is 0 Å². The molecule has 0 aromatic rings. The minimum absolute atomic E-state index is 0.0493. The summed E-state index contributed by atoms with van der Waals surface area (Å²) < 4.78 is 18.8. The van der Waals surface area contributed by atoms with Gasteiger partial charge in [-0.2, -0.15) is 0 Å². The van der Waals surface area contributed by atoms with Gasteiger partial charge in [-0.3, -0.25) is 9.59 Å². The molecule has 3 fully saturated rings. The van der Waals surface area contributed by atoms with Crippen molar-refractivity contribution in [3.05, 3.63) is 23.3 Å². The second-order valence-corrected chi connectivity index (χ2v) is 16.4. The Bertz CT molecular complexity index is 1150. The minimum atomic E-state index is -1.73. The highest BCUT2D eigenvalue weighted by atomic mass is 16.7. The van der Waals surface area contributed by atoms with Crippen molar-refractivity contribution >= 4 is 11.8 Å². The first-order valence-electron chi connectivity index (χ1n) is 18.5. The Hall–Kier alpha value is -1.50. The summed E-state index contributed by atoms with van der Waals surface area (Å²) in [5, 5.41) is 13.1. The van der Waals surface area contributed by atoms with Gasteiger partial charge in [0.1, 0.15) is 6.10 Å². The van der Waals surface area contributed by atoms with Crippen molar-refractivity contribution in [2.75, 3.05) is 6.61 Å². The Kier molecular flexibility index (Phi) is 10.5. The van der Waals surface area contributed by atoms with Crippen molar-refractivity contribution in [1.29, 1.82) is 0 Å². The molecule has 0 radical (unpaired) electrons. The fraction of sp³-hybridized carbons (Fsp3) is 0.846. The lowest BCUT2D eigenvalue weighted by atomic mass is 9.59. The SMILES string of the molecule is CCCCCCCCCCCCCCCC(=O)OC1C(C)=CC23C(=O)C(C=C4COC(C)(C)OC4C12O)C1C(CC3C)C1(C)C. The number of carbonyl (C=O) groups is 2. The third kappa shape index (κ3) is 6.38. The molecule has 8 unspecified atom stereocenters. The molecular weight excluding hydrogens is 564 g/mol. The van der Waals surface area contributed by atoms with E-state index in [0.717, 1.165) is 36.8 Å². The van der Waals surface area contributed by atoms with E-state index in [4.69, 9.17) is 14.2 Å². The zero-order valence-electron chi connectivity index (χ0n) is 29.4. The van der Waals surface area contributed by atoms with Crippen molar-refractivity contribution < 1.29 is 28.9 Å². The summed E-state index contributed by atoms with van der Waals surface area (Å²) in [5.74, 6) is -1.02. The van der Waals surface area contributed by atoms with Gasteiger partial charge >= 0.3 is 5.97 Å². The van der Waals surface area contributed by atoms with Gasteiger partial charge in [0.05, 0.1) is 12.0 Å². The van der Waals surface area contributed by atoms with Crippen molar-refractivity contribution in [3.63, 3.8) is 0 Å². The number of rotatable bonds is 15. The third-order valence-electron chi connectivity index (χ3n) is 12.4. The number of fused-ring (bicyclic) bond motifs is 5.